The lowest BCUT2D eigenvalue weighted by molar-refractivity contribution is -0.132. The molecule has 0 radical (unpaired) electrons. The third-order valence-corrected chi connectivity index (χ3v) is 4.85. The number of nitrogens with zero attached hydrogens (tertiary/aromatic N) is 3. The molecule has 0 bridgehead atoms. The van der Waals surface area contributed by atoms with Crippen LogP contribution in [-0.4, -0.2) is 45.8 Å². The lowest BCUT2D eigenvalue weighted by Crippen LogP contribution is -2.39. The summed E-state index contributed by atoms with van der Waals surface area (Å²) >= 11 is 1.56. The number of aryl methyl sites for hydroxylation is 1. The third-order valence-electron chi connectivity index (χ3n) is 3.99. The maximum atomic E-state index is 12.2. The molecule has 1 N–H and O–H groups in total. The molecule has 3 rings (SSSR count). The summed E-state index contributed by atoms with van der Waals surface area (Å²) in [6, 6.07) is 3.88. The molecule has 0 atom stereocenters. The predicted octanol–water partition coefficient (Wildman–Crippen LogP) is 1.96. The fourth-order valence-corrected chi connectivity index (χ4v) is 3.25. The van der Waals surface area contributed by atoms with Gasteiger partial charge in [0.25, 0.3) is 0 Å². The maximum Gasteiger partial charge on any atom is 0.227 e. The summed E-state index contributed by atoms with van der Waals surface area (Å²) in [6.07, 6.45) is 2.61. The number of aliphatic hydroxyl groups excluding tert-OH is 1. The van der Waals surface area contributed by atoms with Gasteiger partial charge in [-0.05, 0) is 30.2 Å². The molecule has 0 spiro atoms. The fourth-order valence-electron chi connectivity index (χ4n) is 2.60. The molecule has 0 saturated carbocycles. The van der Waals surface area contributed by atoms with Gasteiger partial charge in [0.1, 0.15) is 0 Å². The average Bonchev–Trinajstić information content (AvgIpc) is 3.23. The van der Waals surface area contributed by atoms with Crippen molar-refractivity contribution in [2.24, 2.45) is 5.92 Å². The van der Waals surface area contributed by atoms with Gasteiger partial charge in [-0.15, -0.1) is 11.3 Å². The van der Waals surface area contributed by atoms with Gasteiger partial charge in [-0.25, -0.2) is 0 Å². The molecule has 0 aliphatic carbocycles. The van der Waals surface area contributed by atoms with Crippen LogP contribution in [-0.2, 0) is 11.2 Å². The number of aliphatic hydroxyl groups is 1. The second kappa shape index (κ2) is 7.02. The molecule has 3 heterocycles. The zero-order valence-corrected chi connectivity index (χ0v) is 13.1. The molecule has 0 unspecified atom stereocenters. The summed E-state index contributed by atoms with van der Waals surface area (Å²) in [5.41, 5.74) is 0. The molecule has 6 nitrogen and oxygen atoms in total. The van der Waals surface area contributed by atoms with E-state index < -0.39 is 0 Å². The number of carbonyl (C=O) groups is 1. The van der Waals surface area contributed by atoms with E-state index in [0.29, 0.717) is 30.5 Å². The quantitative estimate of drug-likeness (QED) is 0.910. The first kappa shape index (κ1) is 15.2. The van der Waals surface area contributed by atoms with Crippen LogP contribution in [0.2, 0.25) is 0 Å². The Balaban J connectivity index is 1.49. The molecule has 7 heteroatoms. The zero-order chi connectivity index (χ0) is 15.4. The molecule has 1 saturated heterocycles. The predicted molar refractivity (Wildman–Crippen MR) is 82.3 cm³/mol. The van der Waals surface area contributed by atoms with E-state index in [9.17, 15) is 4.79 Å². The Bertz CT molecular complexity index is 603. The number of piperidine rings is 1. The molecular formula is C15H19N3O3S. The smallest absolute Gasteiger partial charge is 0.227 e. The Morgan fingerprint density at radius 2 is 2.27 bits per heavy atom. The van der Waals surface area contributed by atoms with Crippen LogP contribution in [0.1, 0.15) is 25.2 Å². The number of rotatable bonds is 5. The minimum atomic E-state index is 0.118. The zero-order valence-electron chi connectivity index (χ0n) is 12.3. The van der Waals surface area contributed by atoms with Gasteiger partial charge in [-0.3, -0.25) is 4.79 Å². The van der Waals surface area contributed by atoms with E-state index in [0.717, 1.165) is 30.8 Å². The summed E-state index contributed by atoms with van der Waals surface area (Å²) in [6.45, 7) is 1.68. The topological polar surface area (TPSA) is 79.5 Å². The Morgan fingerprint density at radius 1 is 1.45 bits per heavy atom. The average molecular weight is 321 g/mol. The van der Waals surface area contributed by atoms with Crippen molar-refractivity contribution < 1.29 is 14.4 Å². The number of hydrogen-bond donors (Lipinski definition) is 1. The monoisotopic (exact) mass is 321 g/mol. The van der Waals surface area contributed by atoms with Crippen LogP contribution in [0, 0.1) is 5.92 Å². The highest BCUT2D eigenvalue weighted by Gasteiger charge is 2.22. The van der Waals surface area contributed by atoms with E-state index in [4.69, 9.17) is 9.63 Å². The van der Waals surface area contributed by atoms with Gasteiger partial charge in [0, 0.05) is 32.5 Å². The van der Waals surface area contributed by atoms with Gasteiger partial charge in [0.05, 0.1) is 4.88 Å². The van der Waals surface area contributed by atoms with Gasteiger partial charge >= 0.3 is 0 Å². The molecule has 1 aliphatic heterocycles. The summed E-state index contributed by atoms with van der Waals surface area (Å²) in [5.74, 6) is 1.55. The number of carbonyl (C=O) groups excluding carboxylic acids is 1. The number of amides is 1. The van der Waals surface area contributed by atoms with Crippen LogP contribution in [0.15, 0.2) is 22.0 Å². The summed E-state index contributed by atoms with van der Waals surface area (Å²) in [4.78, 5) is 19.3. The highest BCUT2D eigenvalue weighted by molar-refractivity contribution is 7.13. The van der Waals surface area contributed by atoms with Crippen molar-refractivity contribution >= 4 is 17.2 Å². The Labute approximate surface area is 132 Å². The van der Waals surface area contributed by atoms with Crippen molar-refractivity contribution in [3.63, 3.8) is 0 Å². The van der Waals surface area contributed by atoms with Crippen molar-refractivity contribution in [3.8, 4) is 10.7 Å². The summed E-state index contributed by atoms with van der Waals surface area (Å²) in [7, 11) is 0. The molecule has 118 valence electrons. The molecule has 0 aromatic carbocycles. The highest BCUT2D eigenvalue weighted by Crippen LogP contribution is 2.22. The summed E-state index contributed by atoms with van der Waals surface area (Å²) < 4.78 is 5.20. The molecule has 2 aromatic rings. The van der Waals surface area contributed by atoms with Crippen LogP contribution in [0.5, 0.6) is 0 Å². The Hall–Kier alpha value is -1.73. The van der Waals surface area contributed by atoms with E-state index in [1.807, 2.05) is 22.4 Å². The number of hydrogen-bond acceptors (Lipinski definition) is 6. The van der Waals surface area contributed by atoms with Crippen LogP contribution in [0.25, 0.3) is 10.7 Å². The van der Waals surface area contributed by atoms with E-state index in [2.05, 4.69) is 10.1 Å². The van der Waals surface area contributed by atoms with Crippen molar-refractivity contribution in [3.05, 3.63) is 23.4 Å². The van der Waals surface area contributed by atoms with Crippen LogP contribution < -0.4 is 0 Å². The van der Waals surface area contributed by atoms with Crippen LogP contribution >= 0.6 is 11.3 Å². The van der Waals surface area contributed by atoms with E-state index >= 15 is 0 Å². The van der Waals surface area contributed by atoms with Crippen molar-refractivity contribution in [1.82, 2.24) is 15.0 Å². The molecule has 1 aliphatic rings. The van der Waals surface area contributed by atoms with Gasteiger partial charge in [0.2, 0.25) is 17.6 Å². The lowest BCUT2D eigenvalue weighted by Gasteiger charge is -2.31. The SMILES string of the molecule is O=C(CCc1nc(-c2cccs2)no1)N1CCC(CO)CC1. The van der Waals surface area contributed by atoms with Crippen LogP contribution in [0.4, 0.5) is 0 Å². The third kappa shape index (κ3) is 3.53. The van der Waals surface area contributed by atoms with Gasteiger partial charge in [0.15, 0.2) is 0 Å². The van der Waals surface area contributed by atoms with Gasteiger partial charge < -0.3 is 14.5 Å². The first-order valence-electron chi connectivity index (χ1n) is 7.51. The number of thiophene rings is 1. The second-order valence-electron chi connectivity index (χ2n) is 5.50. The first-order chi connectivity index (χ1) is 10.8. The van der Waals surface area contributed by atoms with Crippen molar-refractivity contribution in [1.29, 1.82) is 0 Å². The minimum absolute atomic E-state index is 0.118. The molecular weight excluding hydrogens is 302 g/mol. The standard InChI is InChI=1S/C15H19N3O3S/c19-10-11-5-7-18(8-6-11)14(20)4-3-13-16-15(17-21-13)12-2-1-9-22-12/h1-2,9,11,19H,3-8,10H2. The summed E-state index contributed by atoms with van der Waals surface area (Å²) in [5, 5.41) is 15.0. The van der Waals surface area contributed by atoms with E-state index in [-0.39, 0.29) is 12.5 Å². The van der Waals surface area contributed by atoms with Crippen molar-refractivity contribution in [2.75, 3.05) is 19.7 Å². The Morgan fingerprint density at radius 3 is 2.95 bits per heavy atom. The fraction of sp³-hybridized carbons (Fsp3) is 0.533. The van der Waals surface area contributed by atoms with E-state index in [1.165, 1.54) is 0 Å². The maximum absolute atomic E-state index is 12.2. The van der Waals surface area contributed by atoms with Gasteiger partial charge in [-0.2, -0.15) is 4.98 Å². The minimum Gasteiger partial charge on any atom is -0.396 e. The molecule has 1 fully saturated rings. The number of aromatic nitrogens is 2. The van der Waals surface area contributed by atoms with Gasteiger partial charge in [-0.1, -0.05) is 11.2 Å². The molecule has 2 aromatic heterocycles. The normalized spacial score (nSPS) is 16.1. The number of likely N-dealkylation sites (tertiary alicyclic amines) is 1. The first-order valence-corrected chi connectivity index (χ1v) is 8.39. The second-order valence-corrected chi connectivity index (χ2v) is 6.44. The van der Waals surface area contributed by atoms with Crippen LogP contribution in [0.3, 0.4) is 0 Å². The molecule has 1 amide bonds. The Kier molecular flexibility index (Phi) is 4.84. The molecule has 22 heavy (non-hydrogen) atoms. The van der Waals surface area contributed by atoms with E-state index in [1.54, 1.807) is 11.3 Å². The lowest BCUT2D eigenvalue weighted by atomic mass is 9.97. The highest BCUT2D eigenvalue weighted by atomic mass is 32.1. The largest absolute Gasteiger partial charge is 0.396 e. The van der Waals surface area contributed by atoms with Crippen molar-refractivity contribution in [2.45, 2.75) is 25.7 Å².